The monoisotopic (exact) mass is 301 g/mol. The maximum Gasteiger partial charge on any atom is 0.256 e. The fourth-order valence-electron chi connectivity index (χ4n) is 1.81. The minimum Gasteiger partial charge on any atom is -0.368 e. The summed E-state index contributed by atoms with van der Waals surface area (Å²) in [6.07, 6.45) is 0.406. The Labute approximate surface area is 123 Å². The molecule has 9 heteroatoms. The smallest absolute Gasteiger partial charge is 0.256 e. The van der Waals surface area contributed by atoms with Gasteiger partial charge in [0, 0.05) is 14.1 Å². The van der Waals surface area contributed by atoms with Crippen LogP contribution in [-0.2, 0) is 19.2 Å². The Morgan fingerprint density at radius 3 is 2.14 bits per heavy atom. The van der Waals surface area contributed by atoms with Crippen molar-refractivity contribution in [3.63, 3.8) is 0 Å². The molecule has 1 atom stereocenters. The van der Waals surface area contributed by atoms with Crippen LogP contribution in [0.25, 0.3) is 0 Å². The Balaban J connectivity index is 5.15. The molecule has 0 saturated heterocycles. The van der Waals surface area contributed by atoms with Gasteiger partial charge in [-0.3, -0.25) is 24.2 Å². The predicted octanol–water partition coefficient (Wildman–Crippen LogP) is -2.34. The summed E-state index contributed by atoms with van der Waals surface area (Å²) in [5, 5.41) is 7.34. The molecule has 0 aromatic rings. The minimum atomic E-state index is -0.819. The zero-order valence-corrected chi connectivity index (χ0v) is 12.8. The molecule has 0 aromatic heterocycles. The lowest BCUT2D eigenvalue weighted by atomic mass is 10.0. The summed E-state index contributed by atoms with van der Waals surface area (Å²) in [5.41, 5.74) is 4.98. The van der Waals surface area contributed by atoms with Crippen LogP contribution in [0.2, 0.25) is 0 Å². The molecule has 0 aliphatic heterocycles. The molecule has 0 rings (SSSR count). The van der Waals surface area contributed by atoms with Crippen LogP contribution in [0.5, 0.6) is 0 Å². The van der Waals surface area contributed by atoms with Gasteiger partial charge in [-0.15, -0.1) is 0 Å². The molecule has 0 aromatic carbocycles. The van der Waals surface area contributed by atoms with E-state index in [1.165, 1.54) is 10.0 Å². The summed E-state index contributed by atoms with van der Waals surface area (Å²) in [5.74, 6) is -1.81. The molecule has 0 fully saturated rings. The molecule has 0 radical (unpaired) electrons. The number of nitrogens with zero attached hydrogens (tertiary/aromatic N) is 2. The second-order valence-electron chi connectivity index (χ2n) is 4.96. The number of carbonyl (C=O) groups is 4. The number of carbonyl (C=O) groups excluding carboxylic acids is 4. The van der Waals surface area contributed by atoms with Crippen molar-refractivity contribution in [1.29, 1.82) is 0 Å². The van der Waals surface area contributed by atoms with Gasteiger partial charge in [0.1, 0.15) is 6.04 Å². The van der Waals surface area contributed by atoms with Gasteiger partial charge >= 0.3 is 0 Å². The van der Waals surface area contributed by atoms with E-state index >= 15 is 0 Å². The average molecular weight is 301 g/mol. The minimum absolute atomic E-state index is 0.208. The Morgan fingerprint density at radius 2 is 1.76 bits per heavy atom. The van der Waals surface area contributed by atoms with E-state index in [9.17, 15) is 19.2 Å². The molecule has 0 saturated carbocycles. The molecule has 9 nitrogen and oxygen atoms in total. The number of hydrazine groups is 1. The quantitative estimate of drug-likeness (QED) is 0.325. The normalized spacial score (nSPS) is 11.9. The van der Waals surface area contributed by atoms with Crippen LogP contribution >= 0.6 is 0 Å². The van der Waals surface area contributed by atoms with Gasteiger partial charge < -0.3 is 16.4 Å². The molecule has 0 heterocycles. The standard InChI is InChI=1S/C12H23N5O4/c1-8(2)11(12(21)15-5-9(13)19)17(16(3)4)10(20)6-14-7-18/h7-8,11H,5-6H2,1-4H3,(H2,13,19)(H,14,18)(H,15,21)/t11-/m0/s1. The Bertz CT molecular complexity index is 397. The van der Waals surface area contributed by atoms with Crippen LogP contribution in [0.3, 0.4) is 0 Å². The largest absolute Gasteiger partial charge is 0.368 e. The molecule has 0 bridgehead atoms. The third-order valence-electron chi connectivity index (χ3n) is 2.62. The SMILES string of the molecule is CC(C)[C@@H](C(=O)NCC(N)=O)N(C(=O)CNC=O)N(C)C. The van der Waals surface area contributed by atoms with Crippen molar-refractivity contribution in [2.75, 3.05) is 27.2 Å². The number of primary amides is 1. The van der Waals surface area contributed by atoms with Crippen molar-refractivity contribution in [3.05, 3.63) is 0 Å². The maximum atomic E-state index is 12.2. The number of amides is 4. The number of hydrogen-bond donors (Lipinski definition) is 3. The van der Waals surface area contributed by atoms with Crippen molar-refractivity contribution >= 4 is 24.1 Å². The van der Waals surface area contributed by atoms with Gasteiger partial charge in [-0.05, 0) is 5.92 Å². The number of hydrogen-bond acceptors (Lipinski definition) is 5. The van der Waals surface area contributed by atoms with Gasteiger partial charge in [0.05, 0.1) is 13.1 Å². The molecule has 0 aliphatic rings. The van der Waals surface area contributed by atoms with Crippen LogP contribution in [0.4, 0.5) is 0 Å². The third-order valence-corrected chi connectivity index (χ3v) is 2.62. The summed E-state index contributed by atoms with van der Waals surface area (Å²) >= 11 is 0. The Hall–Kier alpha value is -2.16. The molecule has 0 spiro atoms. The van der Waals surface area contributed by atoms with Crippen molar-refractivity contribution < 1.29 is 19.2 Å². The highest BCUT2D eigenvalue weighted by molar-refractivity contribution is 5.90. The molecule has 0 unspecified atom stereocenters. The van der Waals surface area contributed by atoms with Crippen molar-refractivity contribution in [1.82, 2.24) is 20.7 Å². The first-order valence-corrected chi connectivity index (χ1v) is 6.44. The molecule has 4 amide bonds. The van der Waals surface area contributed by atoms with Crippen molar-refractivity contribution in [3.8, 4) is 0 Å². The lowest BCUT2D eigenvalue weighted by Gasteiger charge is -2.37. The zero-order chi connectivity index (χ0) is 16.6. The molecule has 0 aliphatic carbocycles. The zero-order valence-electron chi connectivity index (χ0n) is 12.8. The average Bonchev–Trinajstić information content (AvgIpc) is 2.38. The van der Waals surface area contributed by atoms with Crippen molar-refractivity contribution in [2.45, 2.75) is 19.9 Å². The van der Waals surface area contributed by atoms with Gasteiger partial charge in [-0.1, -0.05) is 13.8 Å². The molecular formula is C12H23N5O4. The Morgan fingerprint density at radius 1 is 1.19 bits per heavy atom. The summed E-state index contributed by atoms with van der Waals surface area (Å²) < 4.78 is 0. The third kappa shape index (κ3) is 6.21. The van der Waals surface area contributed by atoms with E-state index in [2.05, 4.69) is 10.6 Å². The first-order valence-electron chi connectivity index (χ1n) is 6.44. The number of nitrogens with one attached hydrogen (secondary N) is 2. The summed E-state index contributed by atoms with van der Waals surface area (Å²) in [6.45, 7) is 3.01. The lowest BCUT2D eigenvalue weighted by Crippen LogP contribution is -2.59. The van der Waals surface area contributed by atoms with Gasteiger partial charge in [-0.25, -0.2) is 5.01 Å². The first-order chi connectivity index (χ1) is 9.72. The molecule has 4 N–H and O–H groups in total. The number of rotatable bonds is 9. The summed E-state index contributed by atoms with van der Waals surface area (Å²) in [7, 11) is 3.21. The van der Waals surface area contributed by atoms with E-state index in [0.717, 1.165) is 0 Å². The van der Waals surface area contributed by atoms with Crippen molar-refractivity contribution in [2.24, 2.45) is 11.7 Å². The highest BCUT2D eigenvalue weighted by Crippen LogP contribution is 2.13. The Kier molecular flexibility index (Phi) is 7.99. The topological polar surface area (TPSA) is 125 Å². The molecular weight excluding hydrogens is 278 g/mol. The van der Waals surface area contributed by atoms with E-state index in [4.69, 9.17) is 5.73 Å². The van der Waals surface area contributed by atoms with Crippen LogP contribution in [0, 0.1) is 5.92 Å². The number of nitrogens with two attached hydrogens (primary N) is 1. The van der Waals surface area contributed by atoms with Gasteiger partial charge in [0.25, 0.3) is 5.91 Å². The fraction of sp³-hybridized carbons (Fsp3) is 0.667. The summed E-state index contributed by atoms with van der Waals surface area (Å²) in [6, 6.07) is -0.819. The highest BCUT2D eigenvalue weighted by Gasteiger charge is 2.33. The molecule has 120 valence electrons. The van der Waals surface area contributed by atoms with Crippen LogP contribution in [0.1, 0.15) is 13.8 Å². The van der Waals surface area contributed by atoms with Gasteiger partial charge in [0.15, 0.2) is 0 Å². The predicted molar refractivity (Wildman–Crippen MR) is 75.4 cm³/mol. The second-order valence-corrected chi connectivity index (χ2v) is 4.96. The lowest BCUT2D eigenvalue weighted by molar-refractivity contribution is -0.158. The van der Waals surface area contributed by atoms with Crippen LogP contribution in [0.15, 0.2) is 0 Å². The van der Waals surface area contributed by atoms with E-state index in [1.54, 1.807) is 27.9 Å². The first kappa shape index (κ1) is 18.8. The molecule has 21 heavy (non-hydrogen) atoms. The van der Waals surface area contributed by atoms with Crippen LogP contribution in [-0.4, -0.2) is 67.4 Å². The maximum absolute atomic E-state index is 12.2. The second kappa shape index (κ2) is 8.90. The van der Waals surface area contributed by atoms with Crippen LogP contribution < -0.4 is 16.4 Å². The highest BCUT2D eigenvalue weighted by atomic mass is 16.2. The van der Waals surface area contributed by atoms with E-state index in [1.807, 2.05) is 0 Å². The van der Waals surface area contributed by atoms with E-state index in [0.29, 0.717) is 6.41 Å². The summed E-state index contributed by atoms with van der Waals surface area (Å²) in [4.78, 5) is 45.3. The van der Waals surface area contributed by atoms with Gasteiger partial charge in [-0.2, -0.15) is 0 Å². The fourth-order valence-corrected chi connectivity index (χ4v) is 1.81. The van der Waals surface area contributed by atoms with E-state index in [-0.39, 0.29) is 19.0 Å². The van der Waals surface area contributed by atoms with E-state index < -0.39 is 23.8 Å². The van der Waals surface area contributed by atoms with Gasteiger partial charge in [0.2, 0.25) is 18.2 Å².